The number of hydrogen-bond donors (Lipinski definition) is 2. The summed E-state index contributed by atoms with van der Waals surface area (Å²) in [6.45, 7) is 5.05. The van der Waals surface area contributed by atoms with Gasteiger partial charge >= 0.3 is 0 Å². The van der Waals surface area contributed by atoms with E-state index in [4.69, 9.17) is 9.15 Å². The van der Waals surface area contributed by atoms with E-state index >= 15 is 0 Å². The van der Waals surface area contributed by atoms with Crippen molar-refractivity contribution in [3.05, 3.63) is 47.4 Å². The van der Waals surface area contributed by atoms with Crippen molar-refractivity contribution in [3.8, 4) is 0 Å². The predicted molar refractivity (Wildman–Crippen MR) is 125 cm³/mol. The van der Waals surface area contributed by atoms with Crippen LogP contribution < -0.4 is 10.2 Å². The fourth-order valence-electron chi connectivity index (χ4n) is 4.96. The van der Waals surface area contributed by atoms with Crippen LogP contribution in [0.5, 0.6) is 0 Å². The molecule has 6 heteroatoms. The molecule has 0 spiro atoms. The molecule has 3 heterocycles. The first-order valence-corrected chi connectivity index (χ1v) is 12.1. The Morgan fingerprint density at radius 3 is 2.66 bits per heavy atom. The van der Waals surface area contributed by atoms with E-state index in [1.807, 2.05) is 13.0 Å². The van der Waals surface area contributed by atoms with Crippen LogP contribution in [0.25, 0.3) is 0 Å². The second-order valence-corrected chi connectivity index (χ2v) is 9.93. The van der Waals surface area contributed by atoms with Gasteiger partial charge in [-0.3, -0.25) is 4.79 Å². The lowest BCUT2D eigenvalue weighted by Gasteiger charge is -2.27. The van der Waals surface area contributed by atoms with E-state index in [0.29, 0.717) is 17.6 Å². The fourth-order valence-corrected chi connectivity index (χ4v) is 4.96. The second-order valence-electron chi connectivity index (χ2n) is 9.93. The van der Waals surface area contributed by atoms with Crippen molar-refractivity contribution in [1.82, 2.24) is 0 Å². The molecule has 3 fully saturated rings. The largest absolute Gasteiger partial charge is 0.456 e. The highest BCUT2D eigenvalue weighted by atomic mass is 16.5. The summed E-state index contributed by atoms with van der Waals surface area (Å²) in [4.78, 5) is 15.4. The van der Waals surface area contributed by atoms with Gasteiger partial charge in [0.25, 0.3) is 5.91 Å². The standard InChI is InChI=1S/C26H34N2O4/c1-26(30)11-2-13-28(14-12-26)22-6-5-20(18-3-4-18)17-21(22)27-25(29)24-8-7-23(32-24)19-9-15-31-16-10-19/h5-8,17-19,30H,2-4,9-16H2,1H3,(H,27,29)/t26-/m1/s1. The van der Waals surface area contributed by atoms with Crippen LogP contribution in [0.2, 0.25) is 0 Å². The van der Waals surface area contributed by atoms with Crippen LogP contribution in [0.1, 0.15) is 85.6 Å². The zero-order valence-electron chi connectivity index (χ0n) is 18.9. The van der Waals surface area contributed by atoms with Crippen LogP contribution in [0.15, 0.2) is 34.7 Å². The Balaban J connectivity index is 1.36. The Hall–Kier alpha value is -2.31. The van der Waals surface area contributed by atoms with Gasteiger partial charge < -0.3 is 24.5 Å². The quantitative estimate of drug-likeness (QED) is 0.684. The van der Waals surface area contributed by atoms with Crippen LogP contribution in [0, 0.1) is 0 Å². The lowest BCUT2D eigenvalue weighted by Crippen LogP contribution is -2.29. The van der Waals surface area contributed by atoms with E-state index in [1.54, 1.807) is 6.07 Å². The monoisotopic (exact) mass is 438 g/mol. The first-order chi connectivity index (χ1) is 15.5. The molecular formula is C26H34N2O4. The molecule has 2 N–H and O–H groups in total. The molecule has 1 aromatic carbocycles. The van der Waals surface area contributed by atoms with E-state index in [2.05, 4.69) is 28.4 Å². The average molecular weight is 439 g/mol. The topological polar surface area (TPSA) is 74.9 Å². The number of hydrogen-bond acceptors (Lipinski definition) is 5. The van der Waals surface area contributed by atoms with Crippen molar-refractivity contribution in [2.75, 3.05) is 36.5 Å². The molecule has 3 aliphatic rings. The molecule has 1 aromatic heterocycles. The van der Waals surface area contributed by atoms with Gasteiger partial charge in [-0.05, 0) is 87.6 Å². The predicted octanol–water partition coefficient (Wildman–Crippen LogP) is 5.04. The second kappa shape index (κ2) is 8.91. The number of carbonyl (C=O) groups excluding carboxylic acids is 1. The number of nitrogens with one attached hydrogen (secondary N) is 1. The molecule has 32 heavy (non-hydrogen) atoms. The number of ether oxygens (including phenoxy) is 1. The summed E-state index contributed by atoms with van der Waals surface area (Å²) in [6.07, 6.45) is 6.74. The highest BCUT2D eigenvalue weighted by Crippen LogP contribution is 2.43. The summed E-state index contributed by atoms with van der Waals surface area (Å²) in [5.74, 6) is 1.95. The smallest absolute Gasteiger partial charge is 0.291 e. The Bertz CT molecular complexity index is 956. The van der Waals surface area contributed by atoms with Gasteiger partial charge in [0.15, 0.2) is 5.76 Å². The lowest BCUT2D eigenvalue weighted by atomic mass is 9.98. The van der Waals surface area contributed by atoms with E-state index in [0.717, 1.165) is 75.5 Å². The van der Waals surface area contributed by atoms with Gasteiger partial charge in [0, 0.05) is 32.2 Å². The number of anilines is 2. The van der Waals surface area contributed by atoms with Crippen molar-refractivity contribution >= 4 is 17.3 Å². The van der Waals surface area contributed by atoms with Crippen LogP contribution >= 0.6 is 0 Å². The minimum atomic E-state index is -0.624. The minimum absolute atomic E-state index is 0.209. The molecular weight excluding hydrogens is 404 g/mol. The maximum atomic E-state index is 13.1. The Labute approximate surface area is 189 Å². The van der Waals surface area contributed by atoms with Crippen LogP contribution in [-0.2, 0) is 4.74 Å². The molecule has 5 rings (SSSR count). The van der Waals surface area contributed by atoms with E-state index in [9.17, 15) is 9.90 Å². The van der Waals surface area contributed by atoms with Crippen molar-refractivity contribution in [2.24, 2.45) is 0 Å². The van der Waals surface area contributed by atoms with Crippen LogP contribution in [-0.4, -0.2) is 42.9 Å². The third kappa shape index (κ3) is 4.86. The molecule has 1 aliphatic carbocycles. The van der Waals surface area contributed by atoms with Gasteiger partial charge in [-0.25, -0.2) is 0 Å². The van der Waals surface area contributed by atoms with Gasteiger partial charge in [0.1, 0.15) is 5.76 Å². The number of carbonyl (C=O) groups is 1. The Morgan fingerprint density at radius 1 is 1.06 bits per heavy atom. The molecule has 0 radical (unpaired) electrons. The molecule has 6 nitrogen and oxygen atoms in total. The van der Waals surface area contributed by atoms with E-state index in [1.165, 1.54) is 18.4 Å². The molecule has 0 bridgehead atoms. The van der Waals surface area contributed by atoms with Crippen molar-refractivity contribution in [1.29, 1.82) is 0 Å². The lowest BCUT2D eigenvalue weighted by molar-refractivity contribution is 0.0481. The zero-order valence-corrected chi connectivity index (χ0v) is 18.9. The molecule has 1 saturated carbocycles. The summed E-state index contributed by atoms with van der Waals surface area (Å²) in [5.41, 5.74) is 2.52. The molecule has 172 valence electrons. The number of rotatable bonds is 5. The Kier molecular flexibility index (Phi) is 5.99. The van der Waals surface area contributed by atoms with Crippen molar-refractivity contribution < 1.29 is 19.1 Å². The van der Waals surface area contributed by atoms with Gasteiger partial charge in [0.2, 0.25) is 0 Å². The summed E-state index contributed by atoms with van der Waals surface area (Å²) < 4.78 is 11.4. The molecule has 1 atom stereocenters. The third-order valence-electron chi connectivity index (χ3n) is 7.20. The summed E-state index contributed by atoms with van der Waals surface area (Å²) in [7, 11) is 0. The number of furan rings is 1. The van der Waals surface area contributed by atoms with Crippen molar-refractivity contribution in [3.63, 3.8) is 0 Å². The summed E-state index contributed by atoms with van der Waals surface area (Å²) in [5, 5.41) is 13.6. The maximum absolute atomic E-state index is 13.1. The molecule has 2 saturated heterocycles. The number of amides is 1. The number of nitrogens with zero attached hydrogens (tertiary/aromatic N) is 1. The van der Waals surface area contributed by atoms with Crippen LogP contribution in [0.3, 0.4) is 0 Å². The fraction of sp³-hybridized carbons (Fsp3) is 0.577. The van der Waals surface area contributed by atoms with Crippen LogP contribution in [0.4, 0.5) is 11.4 Å². The van der Waals surface area contributed by atoms with Crippen molar-refractivity contribution in [2.45, 2.75) is 69.3 Å². The molecule has 2 aliphatic heterocycles. The Morgan fingerprint density at radius 2 is 1.88 bits per heavy atom. The summed E-state index contributed by atoms with van der Waals surface area (Å²) in [6, 6.07) is 10.2. The van der Waals surface area contributed by atoms with Gasteiger partial charge in [0.05, 0.1) is 17.0 Å². The third-order valence-corrected chi connectivity index (χ3v) is 7.20. The number of benzene rings is 1. The van der Waals surface area contributed by atoms with Gasteiger partial charge in [-0.2, -0.15) is 0 Å². The number of aliphatic hydroxyl groups is 1. The van der Waals surface area contributed by atoms with Gasteiger partial charge in [-0.15, -0.1) is 0 Å². The minimum Gasteiger partial charge on any atom is -0.456 e. The molecule has 1 amide bonds. The first kappa shape index (κ1) is 21.5. The highest BCUT2D eigenvalue weighted by molar-refractivity contribution is 6.04. The average Bonchev–Trinajstić information content (AvgIpc) is 3.55. The normalized spacial score (nSPS) is 24.9. The first-order valence-electron chi connectivity index (χ1n) is 12.1. The molecule has 2 aromatic rings. The maximum Gasteiger partial charge on any atom is 0.291 e. The zero-order chi connectivity index (χ0) is 22.1. The highest BCUT2D eigenvalue weighted by Gasteiger charge is 2.29. The SMILES string of the molecule is C[C@@]1(O)CCCN(c2ccc(C3CC3)cc2NC(=O)c2ccc(C3CCOCC3)o2)CC1. The van der Waals surface area contributed by atoms with E-state index < -0.39 is 5.60 Å². The van der Waals surface area contributed by atoms with Gasteiger partial charge in [-0.1, -0.05) is 6.07 Å². The summed E-state index contributed by atoms with van der Waals surface area (Å²) >= 11 is 0. The van der Waals surface area contributed by atoms with E-state index in [-0.39, 0.29) is 5.91 Å². The molecule has 0 unspecified atom stereocenters.